The number of nitrogens with zero attached hydrogens (tertiary/aromatic N) is 1. The Balaban J connectivity index is 1.77. The summed E-state index contributed by atoms with van der Waals surface area (Å²) in [6, 6.07) is -0.306. The molecule has 0 bridgehead atoms. The Bertz CT molecular complexity index is 399. The van der Waals surface area contributed by atoms with Gasteiger partial charge in [-0.15, -0.1) is 11.3 Å². The maximum absolute atomic E-state index is 11.6. The summed E-state index contributed by atoms with van der Waals surface area (Å²) < 4.78 is 0. The highest BCUT2D eigenvalue weighted by Gasteiger charge is 2.31. The Hall–Kier alpha value is -1.14. The highest BCUT2D eigenvalue weighted by atomic mass is 32.1. The van der Waals surface area contributed by atoms with Crippen LogP contribution in [0.5, 0.6) is 0 Å². The number of carbonyl (C=O) groups is 1. The molecule has 1 fully saturated rings. The molecule has 2 rings (SSSR count). The lowest BCUT2D eigenvalue weighted by Crippen LogP contribution is -2.42. The van der Waals surface area contributed by atoms with Gasteiger partial charge in [-0.1, -0.05) is 12.8 Å². The molecular weight excluding hydrogens is 238 g/mol. The molecule has 0 atom stereocenters. The van der Waals surface area contributed by atoms with Gasteiger partial charge >= 0.3 is 6.03 Å². The third kappa shape index (κ3) is 3.41. The smallest absolute Gasteiger partial charge is 0.321 e. The quantitative estimate of drug-likeness (QED) is 0.772. The number of nitrogens with one attached hydrogen (secondary N) is 2. The normalized spacial score (nSPS) is 18.0. The molecule has 6 heteroatoms. The van der Waals surface area contributed by atoms with E-state index in [-0.39, 0.29) is 6.03 Å². The summed E-state index contributed by atoms with van der Waals surface area (Å²) in [7, 11) is 0. The Labute approximate surface area is 104 Å². The number of aryl methyl sites for hydroxylation is 1. The van der Waals surface area contributed by atoms with E-state index in [9.17, 15) is 9.90 Å². The van der Waals surface area contributed by atoms with Crippen molar-refractivity contribution in [2.45, 2.75) is 38.2 Å². The van der Waals surface area contributed by atoms with E-state index < -0.39 is 5.60 Å². The number of thiazole rings is 1. The molecule has 94 valence electrons. The van der Waals surface area contributed by atoms with E-state index in [0.717, 1.165) is 30.6 Å². The number of carbonyl (C=O) groups excluding carboxylic acids is 1. The molecule has 0 unspecified atom stereocenters. The van der Waals surface area contributed by atoms with E-state index in [1.807, 2.05) is 6.92 Å². The zero-order chi connectivity index (χ0) is 12.3. The van der Waals surface area contributed by atoms with Gasteiger partial charge in [0.1, 0.15) is 0 Å². The van der Waals surface area contributed by atoms with E-state index in [1.165, 1.54) is 11.3 Å². The number of amides is 2. The first-order chi connectivity index (χ1) is 8.07. The molecule has 0 radical (unpaired) electrons. The Morgan fingerprint density at radius 2 is 2.29 bits per heavy atom. The van der Waals surface area contributed by atoms with Crippen LogP contribution in [0.15, 0.2) is 6.20 Å². The van der Waals surface area contributed by atoms with Gasteiger partial charge in [-0.3, -0.25) is 5.32 Å². The second-order valence-electron chi connectivity index (χ2n) is 4.52. The average Bonchev–Trinajstić information content (AvgIpc) is 2.86. The topological polar surface area (TPSA) is 74.2 Å². The first-order valence-electron chi connectivity index (χ1n) is 5.77. The van der Waals surface area contributed by atoms with Crippen molar-refractivity contribution in [2.75, 3.05) is 11.9 Å². The molecule has 1 aliphatic carbocycles. The van der Waals surface area contributed by atoms with Gasteiger partial charge in [0.2, 0.25) is 0 Å². The van der Waals surface area contributed by atoms with Crippen LogP contribution in [0.3, 0.4) is 0 Å². The summed E-state index contributed by atoms with van der Waals surface area (Å²) in [6.07, 6.45) is 5.31. The highest BCUT2D eigenvalue weighted by Crippen LogP contribution is 2.28. The molecule has 1 aromatic rings. The number of aromatic nitrogens is 1. The monoisotopic (exact) mass is 255 g/mol. The van der Waals surface area contributed by atoms with E-state index in [1.54, 1.807) is 6.20 Å². The van der Waals surface area contributed by atoms with Gasteiger partial charge in [0.05, 0.1) is 5.60 Å². The van der Waals surface area contributed by atoms with Crippen molar-refractivity contribution >= 4 is 22.5 Å². The minimum atomic E-state index is -0.712. The first-order valence-corrected chi connectivity index (χ1v) is 6.59. The van der Waals surface area contributed by atoms with Crippen molar-refractivity contribution in [1.82, 2.24) is 10.3 Å². The molecular formula is C11H17N3O2S. The van der Waals surface area contributed by atoms with Crippen LogP contribution < -0.4 is 10.6 Å². The maximum atomic E-state index is 11.6. The van der Waals surface area contributed by atoms with E-state index in [4.69, 9.17) is 0 Å². The number of hydrogen-bond donors (Lipinski definition) is 3. The van der Waals surface area contributed by atoms with Gasteiger partial charge < -0.3 is 10.4 Å². The van der Waals surface area contributed by atoms with Crippen LogP contribution in [0.1, 0.15) is 30.6 Å². The summed E-state index contributed by atoms with van der Waals surface area (Å²) in [6.45, 7) is 2.24. The molecule has 0 aliphatic heterocycles. The van der Waals surface area contributed by atoms with Crippen molar-refractivity contribution < 1.29 is 9.90 Å². The van der Waals surface area contributed by atoms with Crippen LogP contribution in [0, 0.1) is 6.92 Å². The fourth-order valence-electron chi connectivity index (χ4n) is 2.01. The summed E-state index contributed by atoms with van der Waals surface area (Å²) in [5, 5.41) is 16.0. The summed E-state index contributed by atoms with van der Waals surface area (Å²) >= 11 is 1.43. The predicted octanol–water partition coefficient (Wildman–Crippen LogP) is 1.88. The minimum Gasteiger partial charge on any atom is -0.388 e. The number of anilines is 1. The molecule has 0 spiro atoms. The SMILES string of the molecule is Cc1cnc(NC(=O)NCC2(O)CCCC2)s1. The summed E-state index contributed by atoms with van der Waals surface area (Å²) in [5.41, 5.74) is -0.712. The average molecular weight is 255 g/mol. The molecule has 1 aliphatic rings. The number of aliphatic hydroxyl groups is 1. The van der Waals surface area contributed by atoms with Gasteiger partial charge in [-0.05, 0) is 19.8 Å². The van der Waals surface area contributed by atoms with E-state index >= 15 is 0 Å². The fourth-order valence-corrected chi connectivity index (χ4v) is 2.67. The minimum absolute atomic E-state index is 0.306. The van der Waals surface area contributed by atoms with Gasteiger partial charge in [0.15, 0.2) is 5.13 Å². The molecule has 3 N–H and O–H groups in total. The molecule has 17 heavy (non-hydrogen) atoms. The van der Waals surface area contributed by atoms with Gasteiger partial charge in [-0.25, -0.2) is 9.78 Å². The van der Waals surface area contributed by atoms with Crippen LogP contribution in [0.2, 0.25) is 0 Å². The van der Waals surface area contributed by atoms with Gasteiger partial charge in [0.25, 0.3) is 0 Å². The molecule has 0 aromatic carbocycles. The standard InChI is InChI=1S/C11H17N3O2S/c1-8-6-12-10(17-8)14-9(15)13-7-11(16)4-2-3-5-11/h6,16H,2-5,7H2,1H3,(H2,12,13,14,15). The second kappa shape index (κ2) is 5.01. The zero-order valence-electron chi connectivity index (χ0n) is 9.82. The Kier molecular flexibility index (Phi) is 3.63. The van der Waals surface area contributed by atoms with Crippen molar-refractivity contribution in [3.63, 3.8) is 0 Å². The molecule has 1 aromatic heterocycles. The lowest BCUT2D eigenvalue weighted by Gasteiger charge is -2.22. The summed E-state index contributed by atoms with van der Waals surface area (Å²) in [5.74, 6) is 0. The lowest BCUT2D eigenvalue weighted by atomic mass is 10.0. The fraction of sp³-hybridized carbons (Fsp3) is 0.636. The van der Waals surface area contributed by atoms with Gasteiger partial charge in [0, 0.05) is 17.6 Å². The number of hydrogen-bond acceptors (Lipinski definition) is 4. The zero-order valence-corrected chi connectivity index (χ0v) is 10.6. The van der Waals surface area contributed by atoms with Crippen LogP contribution in [-0.4, -0.2) is 28.3 Å². The third-order valence-corrected chi connectivity index (χ3v) is 3.78. The number of rotatable bonds is 3. The molecule has 0 saturated heterocycles. The first kappa shape index (κ1) is 12.3. The Morgan fingerprint density at radius 3 is 2.88 bits per heavy atom. The van der Waals surface area contributed by atoms with Crippen LogP contribution >= 0.6 is 11.3 Å². The van der Waals surface area contributed by atoms with Crippen molar-refractivity contribution in [1.29, 1.82) is 0 Å². The predicted molar refractivity (Wildman–Crippen MR) is 67.3 cm³/mol. The van der Waals surface area contributed by atoms with E-state index in [2.05, 4.69) is 15.6 Å². The van der Waals surface area contributed by atoms with Crippen LogP contribution in [-0.2, 0) is 0 Å². The van der Waals surface area contributed by atoms with Crippen LogP contribution in [0.4, 0.5) is 9.93 Å². The molecule has 5 nitrogen and oxygen atoms in total. The molecule has 2 amide bonds. The number of urea groups is 1. The lowest BCUT2D eigenvalue weighted by molar-refractivity contribution is 0.0506. The van der Waals surface area contributed by atoms with Crippen molar-refractivity contribution in [3.05, 3.63) is 11.1 Å². The second-order valence-corrected chi connectivity index (χ2v) is 5.75. The maximum Gasteiger partial charge on any atom is 0.321 e. The molecule has 1 saturated carbocycles. The largest absolute Gasteiger partial charge is 0.388 e. The highest BCUT2D eigenvalue weighted by molar-refractivity contribution is 7.15. The third-order valence-electron chi connectivity index (χ3n) is 2.95. The summed E-state index contributed by atoms with van der Waals surface area (Å²) in [4.78, 5) is 16.6. The Morgan fingerprint density at radius 1 is 1.59 bits per heavy atom. The van der Waals surface area contributed by atoms with E-state index in [0.29, 0.717) is 11.7 Å². The van der Waals surface area contributed by atoms with Crippen molar-refractivity contribution in [2.24, 2.45) is 0 Å². The van der Waals surface area contributed by atoms with Crippen LogP contribution in [0.25, 0.3) is 0 Å². The molecule has 1 heterocycles. The van der Waals surface area contributed by atoms with Gasteiger partial charge in [-0.2, -0.15) is 0 Å². The van der Waals surface area contributed by atoms with Crippen molar-refractivity contribution in [3.8, 4) is 0 Å².